The van der Waals surface area contributed by atoms with E-state index in [1.165, 1.54) is 6.20 Å². The topological polar surface area (TPSA) is 64.4 Å². The molecule has 1 saturated carbocycles. The Morgan fingerprint density at radius 1 is 1.53 bits per heavy atom. The molecule has 5 nitrogen and oxygen atoms in total. The van der Waals surface area contributed by atoms with E-state index in [0.29, 0.717) is 17.7 Å². The fourth-order valence-corrected chi connectivity index (χ4v) is 2.55. The monoisotopic (exact) mass is 266 g/mol. The second kappa shape index (κ2) is 5.33. The van der Waals surface area contributed by atoms with Gasteiger partial charge < -0.3 is 9.84 Å². The van der Waals surface area contributed by atoms with Crippen molar-refractivity contribution in [2.45, 2.75) is 52.2 Å². The molecule has 2 rings (SSSR count). The third kappa shape index (κ3) is 3.35. The van der Waals surface area contributed by atoms with Gasteiger partial charge in [0.1, 0.15) is 5.56 Å². The number of nitrogens with zero attached hydrogens (tertiary/aromatic N) is 2. The highest BCUT2D eigenvalue weighted by molar-refractivity contribution is 5.88. The van der Waals surface area contributed by atoms with Crippen LogP contribution in [0.2, 0.25) is 0 Å². The molecule has 5 heteroatoms. The Morgan fingerprint density at radius 2 is 2.16 bits per heavy atom. The van der Waals surface area contributed by atoms with Gasteiger partial charge in [-0.3, -0.25) is 4.68 Å². The van der Waals surface area contributed by atoms with Crippen molar-refractivity contribution in [1.29, 1.82) is 0 Å². The van der Waals surface area contributed by atoms with Crippen molar-refractivity contribution in [3.05, 3.63) is 17.5 Å². The number of carbonyl (C=O) groups is 1. The molecule has 1 aliphatic rings. The van der Waals surface area contributed by atoms with Crippen LogP contribution in [-0.2, 0) is 18.4 Å². The second-order valence-corrected chi connectivity index (χ2v) is 6.11. The minimum Gasteiger partial charge on any atom is -0.478 e. The quantitative estimate of drug-likeness (QED) is 0.909. The fraction of sp³-hybridized carbons (Fsp3) is 0.714. The summed E-state index contributed by atoms with van der Waals surface area (Å²) in [6.45, 7) is 4.89. The molecule has 0 spiro atoms. The third-order valence-electron chi connectivity index (χ3n) is 4.03. The zero-order chi connectivity index (χ0) is 14.0. The molecule has 0 saturated heterocycles. The van der Waals surface area contributed by atoms with E-state index in [4.69, 9.17) is 9.84 Å². The van der Waals surface area contributed by atoms with Gasteiger partial charge in [-0.1, -0.05) is 13.8 Å². The Balaban J connectivity index is 1.93. The maximum Gasteiger partial charge on any atom is 0.339 e. The predicted octanol–water partition coefficient (Wildman–Crippen LogP) is 2.60. The summed E-state index contributed by atoms with van der Waals surface area (Å²) in [7, 11) is 1.75. The van der Waals surface area contributed by atoms with Crippen molar-refractivity contribution in [2.75, 3.05) is 0 Å². The van der Waals surface area contributed by atoms with Gasteiger partial charge in [-0.15, -0.1) is 0 Å². The standard InChI is InChI=1S/C14H22N2O3/c1-14(2)6-4-10(5-7-14)19-9-12-11(13(17)18)8-15-16(12)3/h8,10H,4-7,9H2,1-3H3,(H,17,18). The first-order valence-electron chi connectivity index (χ1n) is 6.75. The average molecular weight is 266 g/mol. The van der Waals surface area contributed by atoms with Crippen LogP contribution in [0.5, 0.6) is 0 Å². The average Bonchev–Trinajstić information content (AvgIpc) is 2.69. The maximum atomic E-state index is 11.1. The van der Waals surface area contributed by atoms with Crippen LogP contribution in [0.4, 0.5) is 0 Å². The molecule has 19 heavy (non-hydrogen) atoms. The van der Waals surface area contributed by atoms with Crippen LogP contribution < -0.4 is 0 Å². The number of rotatable bonds is 4. The summed E-state index contributed by atoms with van der Waals surface area (Å²) in [5.41, 5.74) is 1.29. The van der Waals surface area contributed by atoms with Gasteiger partial charge in [0, 0.05) is 7.05 Å². The molecule has 1 aromatic rings. The van der Waals surface area contributed by atoms with Crippen LogP contribution in [0.1, 0.15) is 55.6 Å². The van der Waals surface area contributed by atoms with Crippen LogP contribution in [-0.4, -0.2) is 27.0 Å². The van der Waals surface area contributed by atoms with E-state index in [9.17, 15) is 4.79 Å². The summed E-state index contributed by atoms with van der Waals surface area (Å²) < 4.78 is 7.45. The van der Waals surface area contributed by atoms with Crippen molar-refractivity contribution >= 4 is 5.97 Å². The highest BCUT2D eigenvalue weighted by atomic mass is 16.5. The van der Waals surface area contributed by atoms with E-state index in [0.717, 1.165) is 25.7 Å². The summed E-state index contributed by atoms with van der Waals surface area (Å²) in [4.78, 5) is 11.1. The number of hydrogen-bond donors (Lipinski definition) is 1. The first kappa shape index (κ1) is 14.1. The van der Waals surface area contributed by atoms with Crippen molar-refractivity contribution < 1.29 is 14.6 Å². The summed E-state index contributed by atoms with van der Waals surface area (Å²) >= 11 is 0. The Bertz CT molecular complexity index is 455. The molecule has 0 amide bonds. The third-order valence-corrected chi connectivity index (χ3v) is 4.03. The summed E-state index contributed by atoms with van der Waals surface area (Å²) in [6, 6.07) is 0. The first-order chi connectivity index (χ1) is 8.89. The number of ether oxygens (including phenoxy) is 1. The number of aryl methyl sites for hydroxylation is 1. The van der Waals surface area contributed by atoms with Crippen molar-refractivity contribution in [1.82, 2.24) is 9.78 Å². The fourth-order valence-electron chi connectivity index (χ4n) is 2.55. The number of carboxylic acid groups (broad SMARTS) is 1. The lowest BCUT2D eigenvalue weighted by Crippen LogP contribution is -2.26. The minimum absolute atomic E-state index is 0.235. The van der Waals surface area contributed by atoms with E-state index in [1.807, 2.05) is 0 Å². The molecule has 0 bridgehead atoms. The molecular weight excluding hydrogens is 244 g/mol. The zero-order valence-electron chi connectivity index (χ0n) is 11.8. The van der Waals surface area contributed by atoms with Gasteiger partial charge >= 0.3 is 5.97 Å². The molecule has 0 atom stereocenters. The highest BCUT2D eigenvalue weighted by Crippen LogP contribution is 2.36. The van der Waals surface area contributed by atoms with Crippen LogP contribution in [0, 0.1) is 5.41 Å². The second-order valence-electron chi connectivity index (χ2n) is 6.11. The maximum absolute atomic E-state index is 11.1. The van der Waals surface area contributed by atoms with E-state index in [2.05, 4.69) is 18.9 Å². The van der Waals surface area contributed by atoms with Gasteiger partial charge in [-0.25, -0.2) is 4.79 Å². The van der Waals surface area contributed by atoms with Gasteiger partial charge in [0.15, 0.2) is 0 Å². The van der Waals surface area contributed by atoms with Crippen LogP contribution in [0.25, 0.3) is 0 Å². The lowest BCUT2D eigenvalue weighted by atomic mass is 9.76. The minimum atomic E-state index is -0.948. The Labute approximate surface area is 113 Å². The smallest absolute Gasteiger partial charge is 0.339 e. The summed E-state index contributed by atoms with van der Waals surface area (Å²) in [6.07, 6.45) is 6.04. The van der Waals surface area contributed by atoms with Gasteiger partial charge in [0.05, 0.1) is 24.6 Å². The molecule has 1 heterocycles. The predicted molar refractivity (Wildman–Crippen MR) is 71.0 cm³/mol. The molecule has 1 fully saturated rings. The lowest BCUT2D eigenvalue weighted by molar-refractivity contribution is -0.00836. The molecule has 1 aliphatic carbocycles. The number of aromatic carboxylic acids is 1. The molecule has 0 aliphatic heterocycles. The molecule has 0 aromatic carbocycles. The SMILES string of the molecule is Cn1ncc(C(=O)O)c1COC1CCC(C)(C)CC1. The van der Waals surface area contributed by atoms with Crippen molar-refractivity contribution in [3.8, 4) is 0 Å². The number of aromatic nitrogens is 2. The molecule has 0 radical (unpaired) electrons. The van der Waals surface area contributed by atoms with Crippen LogP contribution >= 0.6 is 0 Å². The Kier molecular flexibility index (Phi) is 3.94. The first-order valence-corrected chi connectivity index (χ1v) is 6.75. The van der Waals surface area contributed by atoms with Gasteiger partial charge in [0.2, 0.25) is 0 Å². The van der Waals surface area contributed by atoms with E-state index in [1.54, 1.807) is 11.7 Å². The van der Waals surface area contributed by atoms with Gasteiger partial charge in [-0.2, -0.15) is 5.10 Å². The number of hydrogen-bond acceptors (Lipinski definition) is 3. The molecule has 0 unspecified atom stereocenters. The zero-order valence-corrected chi connectivity index (χ0v) is 11.8. The molecule has 106 valence electrons. The Morgan fingerprint density at radius 3 is 2.74 bits per heavy atom. The van der Waals surface area contributed by atoms with Crippen molar-refractivity contribution in [2.24, 2.45) is 12.5 Å². The summed E-state index contributed by atoms with van der Waals surface area (Å²) in [5.74, 6) is -0.948. The Hall–Kier alpha value is -1.36. The normalized spacial score (nSPS) is 19.5. The van der Waals surface area contributed by atoms with Gasteiger partial charge in [0.25, 0.3) is 0 Å². The number of carboxylic acids is 1. The molecule has 1 aromatic heterocycles. The largest absolute Gasteiger partial charge is 0.478 e. The van der Waals surface area contributed by atoms with Crippen molar-refractivity contribution in [3.63, 3.8) is 0 Å². The molecular formula is C14H22N2O3. The van der Waals surface area contributed by atoms with Gasteiger partial charge in [-0.05, 0) is 31.1 Å². The lowest BCUT2D eigenvalue weighted by Gasteiger charge is -2.34. The van der Waals surface area contributed by atoms with Crippen LogP contribution in [0.15, 0.2) is 6.20 Å². The van der Waals surface area contributed by atoms with E-state index >= 15 is 0 Å². The highest BCUT2D eigenvalue weighted by Gasteiger charge is 2.27. The van der Waals surface area contributed by atoms with E-state index in [-0.39, 0.29) is 11.7 Å². The molecule has 1 N–H and O–H groups in total. The van der Waals surface area contributed by atoms with E-state index < -0.39 is 5.97 Å². The summed E-state index contributed by atoms with van der Waals surface area (Å²) in [5, 5.41) is 13.1. The van der Waals surface area contributed by atoms with Crippen LogP contribution in [0.3, 0.4) is 0 Å².